The van der Waals surface area contributed by atoms with E-state index in [-0.39, 0.29) is 5.91 Å². The lowest BCUT2D eigenvalue weighted by atomic mass is 10.0. The SMILES string of the molecule is CCC(=NNC(=O)c1cccc2ccccc12)c1ccc(Cl)cc1. The molecular formula is C20H17ClN2O. The molecule has 3 rings (SSSR count). The lowest BCUT2D eigenvalue weighted by Crippen LogP contribution is -2.20. The summed E-state index contributed by atoms with van der Waals surface area (Å²) in [7, 11) is 0. The van der Waals surface area contributed by atoms with E-state index < -0.39 is 0 Å². The monoisotopic (exact) mass is 336 g/mol. The zero-order valence-electron chi connectivity index (χ0n) is 13.3. The van der Waals surface area contributed by atoms with Crippen LogP contribution < -0.4 is 5.43 Å². The van der Waals surface area contributed by atoms with E-state index in [2.05, 4.69) is 10.5 Å². The fourth-order valence-electron chi connectivity index (χ4n) is 2.59. The highest BCUT2D eigenvalue weighted by atomic mass is 35.5. The lowest BCUT2D eigenvalue weighted by molar-refractivity contribution is 0.0956. The van der Waals surface area contributed by atoms with Crippen LogP contribution in [0.3, 0.4) is 0 Å². The van der Waals surface area contributed by atoms with E-state index in [1.807, 2.05) is 67.6 Å². The first-order valence-corrected chi connectivity index (χ1v) is 8.17. The van der Waals surface area contributed by atoms with E-state index in [1.54, 1.807) is 6.07 Å². The Morgan fingerprint density at radius 2 is 1.71 bits per heavy atom. The fraction of sp³-hybridized carbons (Fsp3) is 0.100. The topological polar surface area (TPSA) is 41.5 Å². The quantitative estimate of drug-likeness (QED) is 0.526. The molecule has 1 amide bonds. The average molecular weight is 337 g/mol. The molecule has 0 radical (unpaired) electrons. The number of hydrazone groups is 1. The third-order valence-electron chi connectivity index (χ3n) is 3.84. The predicted molar refractivity (Wildman–Crippen MR) is 99.7 cm³/mol. The first kappa shape index (κ1) is 16.2. The van der Waals surface area contributed by atoms with Crippen LogP contribution in [-0.4, -0.2) is 11.6 Å². The van der Waals surface area contributed by atoms with Gasteiger partial charge >= 0.3 is 0 Å². The van der Waals surface area contributed by atoms with Crippen molar-refractivity contribution in [1.29, 1.82) is 0 Å². The average Bonchev–Trinajstić information content (AvgIpc) is 2.63. The molecule has 0 aliphatic carbocycles. The van der Waals surface area contributed by atoms with Gasteiger partial charge in [0.1, 0.15) is 0 Å². The number of fused-ring (bicyclic) bond motifs is 1. The normalized spacial score (nSPS) is 11.5. The minimum atomic E-state index is -0.216. The van der Waals surface area contributed by atoms with Gasteiger partial charge < -0.3 is 0 Å². The van der Waals surface area contributed by atoms with E-state index in [1.165, 1.54) is 0 Å². The van der Waals surface area contributed by atoms with Crippen LogP contribution in [-0.2, 0) is 0 Å². The number of hydrogen-bond donors (Lipinski definition) is 1. The number of halogens is 1. The number of nitrogens with one attached hydrogen (secondary N) is 1. The fourth-order valence-corrected chi connectivity index (χ4v) is 2.72. The molecule has 0 fully saturated rings. The van der Waals surface area contributed by atoms with Gasteiger partial charge in [0.05, 0.1) is 5.71 Å². The van der Waals surface area contributed by atoms with Gasteiger partial charge in [-0.2, -0.15) is 5.10 Å². The number of rotatable bonds is 4. The Labute approximate surface area is 146 Å². The van der Waals surface area contributed by atoms with Gasteiger partial charge in [-0.3, -0.25) is 4.79 Å². The summed E-state index contributed by atoms with van der Waals surface area (Å²) in [4.78, 5) is 12.5. The third kappa shape index (κ3) is 3.47. The molecule has 0 aliphatic rings. The Morgan fingerprint density at radius 3 is 2.46 bits per heavy atom. The summed E-state index contributed by atoms with van der Waals surface area (Å²) < 4.78 is 0. The molecular weight excluding hydrogens is 320 g/mol. The van der Waals surface area contributed by atoms with Crippen molar-refractivity contribution in [3.63, 3.8) is 0 Å². The van der Waals surface area contributed by atoms with Gasteiger partial charge in [-0.05, 0) is 41.0 Å². The number of hydrogen-bond acceptors (Lipinski definition) is 2. The Kier molecular flexibility index (Phi) is 4.92. The molecule has 0 spiro atoms. The van der Waals surface area contributed by atoms with Crippen LogP contribution in [0.1, 0.15) is 29.3 Å². The van der Waals surface area contributed by atoms with Gasteiger partial charge in [0, 0.05) is 10.6 Å². The summed E-state index contributed by atoms with van der Waals surface area (Å²) in [6.45, 7) is 2.00. The zero-order valence-corrected chi connectivity index (χ0v) is 14.0. The van der Waals surface area contributed by atoms with Crippen molar-refractivity contribution in [3.8, 4) is 0 Å². The summed E-state index contributed by atoms with van der Waals surface area (Å²) in [5, 5.41) is 6.92. The molecule has 3 aromatic carbocycles. The van der Waals surface area contributed by atoms with Gasteiger partial charge in [-0.1, -0.05) is 67.1 Å². The van der Waals surface area contributed by atoms with Crippen LogP contribution in [0.4, 0.5) is 0 Å². The molecule has 0 heterocycles. The highest BCUT2D eigenvalue weighted by Gasteiger charge is 2.09. The third-order valence-corrected chi connectivity index (χ3v) is 4.09. The Balaban J connectivity index is 1.86. The van der Waals surface area contributed by atoms with E-state index in [0.29, 0.717) is 17.0 Å². The largest absolute Gasteiger partial charge is 0.272 e. The van der Waals surface area contributed by atoms with Crippen LogP contribution in [0.2, 0.25) is 5.02 Å². The maximum Gasteiger partial charge on any atom is 0.272 e. The minimum absolute atomic E-state index is 0.216. The minimum Gasteiger partial charge on any atom is -0.267 e. The van der Waals surface area contributed by atoms with Crippen molar-refractivity contribution in [3.05, 3.63) is 82.9 Å². The molecule has 1 N–H and O–H groups in total. The Hall–Kier alpha value is -2.65. The van der Waals surface area contributed by atoms with Gasteiger partial charge in [0.25, 0.3) is 5.91 Å². The summed E-state index contributed by atoms with van der Waals surface area (Å²) in [5.74, 6) is -0.216. The molecule has 3 aromatic rings. The van der Waals surface area contributed by atoms with Crippen LogP contribution in [0, 0.1) is 0 Å². The molecule has 24 heavy (non-hydrogen) atoms. The second-order valence-electron chi connectivity index (χ2n) is 5.39. The van der Waals surface area contributed by atoms with Gasteiger partial charge in [-0.15, -0.1) is 0 Å². The number of benzene rings is 3. The molecule has 0 unspecified atom stereocenters. The Morgan fingerprint density at radius 1 is 1.00 bits per heavy atom. The smallest absolute Gasteiger partial charge is 0.267 e. The van der Waals surface area contributed by atoms with E-state index in [4.69, 9.17) is 11.6 Å². The molecule has 4 heteroatoms. The number of carbonyl (C=O) groups is 1. The van der Waals surface area contributed by atoms with Crippen LogP contribution in [0.15, 0.2) is 71.8 Å². The van der Waals surface area contributed by atoms with Crippen LogP contribution in [0.5, 0.6) is 0 Å². The van der Waals surface area contributed by atoms with E-state index in [0.717, 1.165) is 22.0 Å². The van der Waals surface area contributed by atoms with Crippen molar-refractivity contribution < 1.29 is 4.79 Å². The Bertz CT molecular complexity index is 896. The number of carbonyl (C=O) groups excluding carboxylic acids is 1. The number of nitrogens with zero attached hydrogens (tertiary/aromatic N) is 1. The summed E-state index contributed by atoms with van der Waals surface area (Å²) in [6, 6.07) is 20.9. The van der Waals surface area contributed by atoms with Crippen molar-refractivity contribution in [2.45, 2.75) is 13.3 Å². The molecule has 0 atom stereocenters. The van der Waals surface area contributed by atoms with Crippen molar-refractivity contribution >= 4 is 34.0 Å². The molecule has 0 saturated carbocycles. The highest BCUT2D eigenvalue weighted by molar-refractivity contribution is 6.30. The second kappa shape index (κ2) is 7.28. The van der Waals surface area contributed by atoms with Crippen LogP contribution in [0.25, 0.3) is 10.8 Å². The maximum absolute atomic E-state index is 12.5. The van der Waals surface area contributed by atoms with E-state index in [9.17, 15) is 4.79 Å². The summed E-state index contributed by atoms with van der Waals surface area (Å²) in [6.07, 6.45) is 0.706. The molecule has 0 saturated heterocycles. The molecule has 0 aromatic heterocycles. The van der Waals surface area contributed by atoms with Crippen molar-refractivity contribution in [1.82, 2.24) is 5.43 Å². The van der Waals surface area contributed by atoms with Gasteiger partial charge in [0.2, 0.25) is 0 Å². The first-order valence-electron chi connectivity index (χ1n) is 7.79. The molecule has 120 valence electrons. The second-order valence-corrected chi connectivity index (χ2v) is 5.82. The highest BCUT2D eigenvalue weighted by Crippen LogP contribution is 2.18. The van der Waals surface area contributed by atoms with Gasteiger partial charge in [0.15, 0.2) is 0 Å². The zero-order chi connectivity index (χ0) is 16.9. The van der Waals surface area contributed by atoms with E-state index >= 15 is 0 Å². The van der Waals surface area contributed by atoms with Crippen molar-refractivity contribution in [2.75, 3.05) is 0 Å². The van der Waals surface area contributed by atoms with Gasteiger partial charge in [-0.25, -0.2) is 5.43 Å². The molecule has 3 nitrogen and oxygen atoms in total. The maximum atomic E-state index is 12.5. The number of amides is 1. The molecule has 0 aliphatic heterocycles. The van der Waals surface area contributed by atoms with Crippen molar-refractivity contribution in [2.24, 2.45) is 5.10 Å². The predicted octanol–water partition coefficient (Wildman–Crippen LogP) is 5.04. The summed E-state index contributed by atoms with van der Waals surface area (Å²) in [5.41, 5.74) is 5.04. The molecule has 0 bridgehead atoms. The first-order chi connectivity index (χ1) is 11.7. The lowest BCUT2D eigenvalue weighted by Gasteiger charge is -2.07. The summed E-state index contributed by atoms with van der Waals surface area (Å²) >= 11 is 5.91. The standard InChI is InChI=1S/C20H17ClN2O/c1-2-19(15-10-12-16(21)13-11-15)22-23-20(24)18-9-5-7-14-6-3-4-8-17(14)18/h3-13H,2H2,1H3,(H,23,24). The van der Waals surface area contributed by atoms with Crippen LogP contribution >= 0.6 is 11.6 Å².